The van der Waals surface area contributed by atoms with Crippen molar-refractivity contribution in [3.8, 4) is 0 Å². The predicted octanol–water partition coefficient (Wildman–Crippen LogP) is 2.49. The molecule has 0 saturated carbocycles. The Labute approximate surface area is 141 Å². The van der Waals surface area contributed by atoms with E-state index in [9.17, 15) is 4.79 Å². The van der Waals surface area contributed by atoms with E-state index in [2.05, 4.69) is 25.4 Å². The number of anilines is 1. The molecule has 1 N–H and O–H groups in total. The van der Waals surface area contributed by atoms with E-state index >= 15 is 0 Å². The first kappa shape index (κ1) is 16.6. The van der Waals surface area contributed by atoms with E-state index in [1.165, 1.54) is 0 Å². The summed E-state index contributed by atoms with van der Waals surface area (Å²) in [6.07, 6.45) is 3.60. The minimum atomic E-state index is -0.0617. The highest BCUT2D eigenvalue weighted by Crippen LogP contribution is 2.26. The summed E-state index contributed by atoms with van der Waals surface area (Å²) in [5, 5.41) is 10.9. The van der Waals surface area contributed by atoms with Crippen molar-refractivity contribution < 1.29 is 9.21 Å². The van der Waals surface area contributed by atoms with Gasteiger partial charge in [-0.05, 0) is 44.9 Å². The van der Waals surface area contributed by atoms with Crippen LogP contribution in [0.1, 0.15) is 43.2 Å². The molecule has 3 heterocycles. The van der Waals surface area contributed by atoms with Crippen molar-refractivity contribution in [2.45, 2.75) is 39.7 Å². The van der Waals surface area contributed by atoms with Crippen LogP contribution in [0.2, 0.25) is 0 Å². The van der Waals surface area contributed by atoms with Gasteiger partial charge in [-0.1, -0.05) is 6.07 Å². The van der Waals surface area contributed by atoms with Crippen molar-refractivity contribution in [2.75, 3.05) is 18.4 Å². The minimum absolute atomic E-state index is 0.0132. The van der Waals surface area contributed by atoms with Crippen LogP contribution in [0.5, 0.6) is 0 Å². The second kappa shape index (κ2) is 7.09. The van der Waals surface area contributed by atoms with Crippen molar-refractivity contribution in [1.82, 2.24) is 20.1 Å². The van der Waals surface area contributed by atoms with Gasteiger partial charge in [-0.2, -0.15) is 0 Å². The van der Waals surface area contributed by atoms with Crippen molar-refractivity contribution in [3.05, 3.63) is 35.7 Å². The molecule has 1 saturated heterocycles. The third-order valence-electron chi connectivity index (χ3n) is 4.43. The number of hydrogen-bond acceptors (Lipinski definition) is 6. The van der Waals surface area contributed by atoms with Gasteiger partial charge in [0.2, 0.25) is 17.7 Å². The third-order valence-corrected chi connectivity index (χ3v) is 4.43. The van der Waals surface area contributed by atoms with Crippen LogP contribution in [-0.2, 0) is 4.79 Å². The van der Waals surface area contributed by atoms with Gasteiger partial charge in [-0.3, -0.25) is 9.69 Å². The number of carbonyl (C=O) groups excluding carboxylic acids is 1. The minimum Gasteiger partial charge on any atom is -0.424 e. The Hall–Kier alpha value is -2.28. The molecule has 0 spiro atoms. The van der Waals surface area contributed by atoms with Crippen molar-refractivity contribution >= 4 is 11.7 Å². The summed E-state index contributed by atoms with van der Waals surface area (Å²) in [6, 6.07) is 3.78. The van der Waals surface area contributed by atoms with E-state index in [-0.39, 0.29) is 17.9 Å². The molecule has 0 radical (unpaired) electrons. The van der Waals surface area contributed by atoms with Crippen LogP contribution in [-0.4, -0.2) is 39.1 Å². The lowest BCUT2D eigenvalue weighted by molar-refractivity contribution is -0.121. The fourth-order valence-corrected chi connectivity index (χ4v) is 2.98. The molecule has 1 amide bonds. The molecular formula is C17H23N5O2. The number of aromatic nitrogens is 3. The average Bonchev–Trinajstić information content (AvgIpc) is 3.03. The molecule has 24 heavy (non-hydrogen) atoms. The summed E-state index contributed by atoms with van der Waals surface area (Å²) in [7, 11) is 0. The van der Waals surface area contributed by atoms with Gasteiger partial charge in [-0.15, -0.1) is 10.2 Å². The van der Waals surface area contributed by atoms with Gasteiger partial charge in [0.15, 0.2) is 0 Å². The number of pyridine rings is 1. The Morgan fingerprint density at radius 3 is 2.88 bits per heavy atom. The SMILES string of the molecule is Cc1ccc(NC(=O)[C@@H]2CCCN([C@@H](C)c3nnc(C)o3)C2)nc1. The molecule has 1 fully saturated rings. The van der Waals surface area contributed by atoms with E-state index in [4.69, 9.17) is 4.42 Å². The fourth-order valence-electron chi connectivity index (χ4n) is 2.98. The Bertz CT molecular complexity index is 697. The Morgan fingerprint density at radius 2 is 2.21 bits per heavy atom. The molecule has 1 aliphatic heterocycles. The van der Waals surface area contributed by atoms with E-state index in [1.54, 1.807) is 13.1 Å². The number of hydrogen-bond donors (Lipinski definition) is 1. The molecule has 0 aliphatic carbocycles. The molecular weight excluding hydrogens is 306 g/mol. The van der Waals surface area contributed by atoms with Crippen LogP contribution < -0.4 is 5.32 Å². The molecule has 0 unspecified atom stereocenters. The number of rotatable bonds is 4. The molecule has 2 aromatic rings. The number of likely N-dealkylation sites (tertiary alicyclic amines) is 1. The van der Waals surface area contributed by atoms with Gasteiger partial charge in [0, 0.05) is 19.7 Å². The Balaban J connectivity index is 1.62. The van der Waals surface area contributed by atoms with Crippen LogP contribution in [0, 0.1) is 19.8 Å². The zero-order valence-corrected chi connectivity index (χ0v) is 14.3. The van der Waals surface area contributed by atoms with Crippen LogP contribution in [0.15, 0.2) is 22.7 Å². The van der Waals surface area contributed by atoms with Gasteiger partial charge < -0.3 is 9.73 Å². The average molecular weight is 329 g/mol. The summed E-state index contributed by atoms with van der Waals surface area (Å²) in [5.74, 6) is 1.73. The van der Waals surface area contributed by atoms with Gasteiger partial charge >= 0.3 is 0 Å². The normalized spacial score (nSPS) is 19.9. The highest BCUT2D eigenvalue weighted by Gasteiger charge is 2.30. The predicted molar refractivity (Wildman–Crippen MR) is 89.4 cm³/mol. The highest BCUT2D eigenvalue weighted by molar-refractivity contribution is 5.91. The number of piperidine rings is 1. The van der Waals surface area contributed by atoms with Gasteiger partial charge in [-0.25, -0.2) is 4.98 Å². The maximum atomic E-state index is 12.5. The largest absolute Gasteiger partial charge is 0.424 e. The van der Waals surface area contributed by atoms with Crippen LogP contribution >= 0.6 is 0 Å². The first-order valence-electron chi connectivity index (χ1n) is 8.30. The van der Waals surface area contributed by atoms with E-state index in [0.717, 1.165) is 24.9 Å². The van der Waals surface area contributed by atoms with Crippen molar-refractivity contribution in [3.63, 3.8) is 0 Å². The smallest absolute Gasteiger partial charge is 0.233 e. The molecule has 7 nitrogen and oxygen atoms in total. The molecule has 7 heteroatoms. The number of nitrogens with one attached hydrogen (secondary N) is 1. The summed E-state index contributed by atoms with van der Waals surface area (Å²) in [4.78, 5) is 19.0. The first-order chi connectivity index (χ1) is 11.5. The number of nitrogens with zero attached hydrogens (tertiary/aromatic N) is 4. The van der Waals surface area contributed by atoms with Crippen LogP contribution in [0.25, 0.3) is 0 Å². The summed E-state index contributed by atoms with van der Waals surface area (Å²) < 4.78 is 5.53. The van der Waals surface area contributed by atoms with E-state index in [1.807, 2.05) is 26.0 Å². The Kier molecular flexibility index (Phi) is 4.89. The van der Waals surface area contributed by atoms with Crippen LogP contribution in [0.3, 0.4) is 0 Å². The highest BCUT2D eigenvalue weighted by atomic mass is 16.4. The monoisotopic (exact) mass is 329 g/mol. The number of amides is 1. The Morgan fingerprint density at radius 1 is 1.38 bits per heavy atom. The molecule has 3 rings (SSSR count). The zero-order chi connectivity index (χ0) is 17.1. The first-order valence-corrected chi connectivity index (χ1v) is 8.30. The van der Waals surface area contributed by atoms with Crippen molar-refractivity contribution in [2.24, 2.45) is 5.92 Å². The second-order valence-corrected chi connectivity index (χ2v) is 6.38. The topological polar surface area (TPSA) is 84.2 Å². The molecule has 0 aromatic carbocycles. The lowest BCUT2D eigenvalue weighted by Crippen LogP contribution is -2.42. The molecule has 2 aromatic heterocycles. The maximum Gasteiger partial charge on any atom is 0.233 e. The standard InChI is InChI=1S/C17H23N5O2/c1-11-6-7-15(18-9-11)19-16(23)14-5-4-8-22(10-14)12(2)17-21-20-13(3)24-17/h6-7,9,12,14H,4-5,8,10H2,1-3H3,(H,18,19,23)/t12-,14+/m0/s1. The number of aryl methyl sites for hydroxylation is 2. The van der Waals surface area contributed by atoms with Gasteiger partial charge in [0.25, 0.3) is 0 Å². The van der Waals surface area contributed by atoms with Crippen molar-refractivity contribution in [1.29, 1.82) is 0 Å². The molecule has 128 valence electrons. The number of carbonyl (C=O) groups is 1. The summed E-state index contributed by atoms with van der Waals surface area (Å²) in [5.41, 5.74) is 1.07. The fraction of sp³-hybridized carbons (Fsp3) is 0.529. The van der Waals surface area contributed by atoms with E-state index < -0.39 is 0 Å². The molecule has 1 aliphatic rings. The molecule has 2 atom stereocenters. The second-order valence-electron chi connectivity index (χ2n) is 6.38. The van der Waals surface area contributed by atoms with Gasteiger partial charge in [0.05, 0.1) is 12.0 Å². The lowest BCUT2D eigenvalue weighted by atomic mass is 9.96. The summed E-state index contributed by atoms with van der Waals surface area (Å²) >= 11 is 0. The zero-order valence-electron chi connectivity index (χ0n) is 14.3. The third kappa shape index (κ3) is 3.79. The molecule has 0 bridgehead atoms. The lowest BCUT2D eigenvalue weighted by Gasteiger charge is -2.34. The maximum absolute atomic E-state index is 12.5. The van der Waals surface area contributed by atoms with Crippen LogP contribution in [0.4, 0.5) is 5.82 Å². The summed E-state index contributed by atoms with van der Waals surface area (Å²) in [6.45, 7) is 7.40. The van der Waals surface area contributed by atoms with Gasteiger partial charge in [0.1, 0.15) is 5.82 Å². The quantitative estimate of drug-likeness (QED) is 0.928. The van der Waals surface area contributed by atoms with E-state index in [0.29, 0.717) is 24.1 Å².